The minimum absolute atomic E-state index is 0.897. The Morgan fingerprint density at radius 1 is 0.793 bits per heavy atom. The first-order chi connectivity index (χ1) is 13.2. The van der Waals surface area contributed by atoms with Crippen LogP contribution < -0.4 is 4.57 Å². The standard InChI is InChI=1S/C20H39N2.F6P/c1-4-5-6-7-8-9-10-11-12-14-20(2)15-13-16-22-18-17-21(3)19-22;1-7(2,3,4,5)6/h17-20H,4-16H2,1-3H3;/q+1;-1/t20-;/m0./s1. The Hall–Kier alpha value is -0.780. The fraction of sp³-hybridized carbons (Fsp3) is 0.850. The van der Waals surface area contributed by atoms with Crippen LogP contribution in [0, 0.1) is 5.92 Å². The second-order valence-electron chi connectivity index (χ2n) is 8.14. The molecule has 176 valence electrons. The molecule has 1 aromatic rings. The number of aromatic nitrogens is 2. The molecule has 0 radical (unpaired) electrons. The molecular weight excluding hydrogens is 413 g/mol. The summed E-state index contributed by atoms with van der Waals surface area (Å²) in [5, 5.41) is 0. The number of halogens is 6. The molecule has 1 heterocycles. The third kappa shape index (κ3) is 27.2. The van der Waals surface area contributed by atoms with E-state index in [0.717, 1.165) is 5.92 Å². The van der Waals surface area contributed by atoms with Crippen LogP contribution >= 0.6 is 7.81 Å². The summed E-state index contributed by atoms with van der Waals surface area (Å²) in [6.45, 7) is 5.89. The van der Waals surface area contributed by atoms with Crippen LogP contribution in [0.2, 0.25) is 0 Å². The second-order valence-corrected chi connectivity index (χ2v) is 10.1. The summed E-state index contributed by atoms with van der Waals surface area (Å²) < 4.78 is 63.6. The summed E-state index contributed by atoms with van der Waals surface area (Å²) in [4.78, 5) is 0. The molecule has 2 nitrogen and oxygen atoms in total. The van der Waals surface area contributed by atoms with Crippen molar-refractivity contribution < 1.29 is 29.7 Å². The molecule has 0 saturated carbocycles. The van der Waals surface area contributed by atoms with Gasteiger partial charge in [0.05, 0.1) is 13.6 Å². The molecule has 29 heavy (non-hydrogen) atoms. The average molecular weight is 453 g/mol. The molecule has 0 aliphatic carbocycles. The number of rotatable bonds is 14. The maximum absolute atomic E-state index is 10.7. The predicted octanol–water partition coefficient (Wildman–Crippen LogP) is 9.03. The number of unbranched alkanes of at least 4 members (excludes halogenated alkanes) is 8. The fourth-order valence-corrected chi connectivity index (χ4v) is 3.20. The van der Waals surface area contributed by atoms with Crippen molar-refractivity contribution in [1.29, 1.82) is 0 Å². The predicted molar refractivity (Wildman–Crippen MR) is 109 cm³/mol. The van der Waals surface area contributed by atoms with Gasteiger partial charge in [0.2, 0.25) is 6.33 Å². The molecule has 0 amide bonds. The quantitative estimate of drug-likeness (QED) is 0.115. The zero-order valence-corrected chi connectivity index (χ0v) is 19.0. The molecule has 0 unspecified atom stereocenters. The molecule has 9 heteroatoms. The van der Waals surface area contributed by atoms with Gasteiger partial charge >= 0.3 is 33.0 Å². The first-order valence-corrected chi connectivity index (χ1v) is 12.8. The Morgan fingerprint density at radius 3 is 1.69 bits per heavy atom. The van der Waals surface area contributed by atoms with Crippen molar-refractivity contribution in [3.8, 4) is 0 Å². The molecule has 0 spiro atoms. The molecule has 0 fully saturated rings. The molecule has 0 saturated heterocycles. The van der Waals surface area contributed by atoms with Crippen molar-refractivity contribution >= 4 is 7.81 Å². The van der Waals surface area contributed by atoms with Crippen LogP contribution in [-0.2, 0) is 13.6 Å². The third-order valence-electron chi connectivity index (χ3n) is 4.74. The van der Waals surface area contributed by atoms with E-state index in [9.17, 15) is 25.2 Å². The summed E-state index contributed by atoms with van der Waals surface area (Å²) >= 11 is 0. The van der Waals surface area contributed by atoms with Crippen LogP contribution in [-0.4, -0.2) is 4.57 Å². The van der Waals surface area contributed by atoms with Crippen molar-refractivity contribution in [1.82, 2.24) is 4.57 Å². The van der Waals surface area contributed by atoms with Crippen LogP contribution in [0.25, 0.3) is 0 Å². The van der Waals surface area contributed by atoms with Crippen LogP contribution in [0.1, 0.15) is 90.9 Å². The zero-order valence-electron chi connectivity index (χ0n) is 18.1. The maximum atomic E-state index is 9.87. The molecule has 0 aliphatic rings. The van der Waals surface area contributed by atoms with Crippen molar-refractivity contribution in [2.45, 2.75) is 97.4 Å². The Labute approximate surface area is 171 Å². The SMILES string of the molecule is CCCCCCCCCCC[C@H](C)CCCn1cc[n+](C)c1.F[P-](F)(F)(F)(F)F. The first-order valence-electron chi connectivity index (χ1n) is 10.7. The summed E-state index contributed by atoms with van der Waals surface area (Å²) in [7, 11) is -8.57. The van der Waals surface area contributed by atoms with Gasteiger partial charge in [-0.15, -0.1) is 0 Å². The van der Waals surface area contributed by atoms with E-state index >= 15 is 0 Å². The Morgan fingerprint density at radius 2 is 1.24 bits per heavy atom. The monoisotopic (exact) mass is 452 g/mol. The Bertz CT molecular complexity index is 530. The average Bonchev–Trinajstić information content (AvgIpc) is 2.96. The molecule has 1 rings (SSSR count). The molecule has 0 bridgehead atoms. The van der Waals surface area contributed by atoms with E-state index in [2.05, 4.69) is 48.8 Å². The van der Waals surface area contributed by atoms with Gasteiger partial charge in [-0.05, 0) is 18.8 Å². The van der Waals surface area contributed by atoms with E-state index in [-0.39, 0.29) is 0 Å². The van der Waals surface area contributed by atoms with Gasteiger partial charge in [0, 0.05) is 0 Å². The molecule has 0 aromatic carbocycles. The van der Waals surface area contributed by atoms with Crippen molar-refractivity contribution in [3.63, 3.8) is 0 Å². The number of aryl methyl sites for hydroxylation is 2. The molecular formula is C20H39F6N2P. The number of hydrogen-bond acceptors (Lipinski definition) is 0. The fourth-order valence-electron chi connectivity index (χ4n) is 3.20. The summed E-state index contributed by atoms with van der Waals surface area (Å²) in [6, 6.07) is 0. The van der Waals surface area contributed by atoms with Gasteiger partial charge in [-0.3, -0.25) is 0 Å². The van der Waals surface area contributed by atoms with E-state index < -0.39 is 7.81 Å². The normalized spacial score (nSPS) is 15.2. The van der Waals surface area contributed by atoms with Crippen LogP contribution in [0.15, 0.2) is 18.7 Å². The number of imidazole rings is 1. The summed E-state index contributed by atoms with van der Waals surface area (Å²) in [5.74, 6) is 0.897. The molecule has 0 N–H and O–H groups in total. The van der Waals surface area contributed by atoms with Crippen molar-refractivity contribution in [3.05, 3.63) is 18.7 Å². The Balaban J connectivity index is 0.000000956. The van der Waals surface area contributed by atoms with Gasteiger partial charge in [0.15, 0.2) is 0 Å². The minimum atomic E-state index is -10.7. The van der Waals surface area contributed by atoms with E-state index in [0.29, 0.717) is 0 Å². The van der Waals surface area contributed by atoms with Crippen molar-refractivity contribution in [2.24, 2.45) is 13.0 Å². The van der Waals surface area contributed by atoms with Gasteiger partial charge in [-0.1, -0.05) is 78.1 Å². The third-order valence-corrected chi connectivity index (χ3v) is 4.74. The van der Waals surface area contributed by atoms with Crippen LogP contribution in [0.5, 0.6) is 0 Å². The van der Waals surface area contributed by atoms with E-state index in [1.165, 1.54) is 83.6 Å². The van der Waals surface area contributed by atoms with Crippen molar-refractivity contribution in [2.75, 3.05) is 0 Å². The van der Waals surface area contributed by atoms with Gasteiger partial charge < -0.3 is 0 Å². The topological polar surface area (TPSA) is 8.81 Å². The number of nitrogens with zero attached hydrogens (tertiary/aromatic N) is 2. The first kappa shape index (κ1) is 28.2. The molecule has 0 aliphatic heterocycles. The Kier molecular flexibility index (Phi) is 11.8. The van der Waals surface area contributed by atoms with Gasteiger partial charge in [-0.25, -0.2) is 9.13 Å². The summed E-state index contributed by atoms with van der Waals surface area (Å²) in [5.41, 5.74) is 0. The molecule has 1 aromatic heterocycles. The number of hydrogen-bond donors (Lipinski definition) is 0. The molecule has 1 atom stereocenters. The van der Waals surface area contributed by atoms with E-state index in [4.69, 9.17) is 0 Å². The van der Waals surface area contributed by atoms with E-state index in [1.807, 2.05) is 0 Å². The summed E-state index contributed by atoms with van der Waals surface area (Å²) in [6.07, 6.45) is 23.5. The van der Waals surface area contributed by atoms with Gasteiger partial charge in [0.1, 0.15) is 12.4 Å². The van der Waals surface area contributed by atoms with Gasteiger partial charge in [-0.2, -0.15) is 0 Å². The zero-order chi connectivity index (χ0) is 22.5. The van der Waals surface area contributed by atoms with Gasteiger partial charge in [0.25, 0.3) is 0 Å². The second kappa shape index (κ2) is 12.2. The van der Waals surface area contributed by atoms with E-state index in [1.54, 1.807) is 0 Å². The van der Waals surface area contributed by atoms with Crippen LogP contribution in [0.3, 0.4) is 0 Å². The van der Waals surface area contributed by atoms with Crippen LogP contribution in [0.4, 0.5) is 25.2 Å².